The van der Waals surface area contributed by atoms with Crippen molar-refractivity contribution in [3.8, 4) is 11.8 Å². The lowest BCUT2D eigenvalue weighted by molar-refractivity contribution is -0.131. The van der Waals surface area contributed by atoms with Gasteiger partial charge in [0.15, 0.2) is 0 Å². The second-order valence-electron chi connectivity index (χ2n) is 7.04. The predicted octanol–water partition coefficient (Wildman–Crippen LogP) is 3.06. The van der Waals surface area contributed by atoms with Crippen LogP contribution in [-0.2, 0) is 4.79 Å². The van der Waals surface area contributed by atoms with Crippen molar-refractivity contribution in [3.63, 3.8) is 0 Å². The van der Waals surface area contributed by atoms with E-state index in [1.54, 1.807) is 16.6 Å². The molecule has 0 N–H and O–H groups in total. The maximum atomic E-state index is 12.7. The van der Waals surface area contributed by atoms with Crippen LogP contribution in [0.15, 0.2) is 23.4 Å². The number of rotatable bonds is 5. The Morgan fingerprint density at radius 2 is 2.07 bits per heavy atom. The van der Waals surface area contributed by atoms with E-state index in [4.69, 9.17) is 0 Å². The maximum Gasteiger partial charge on any atom is 0.234 e. The first-order chi connectivity index (χ1) is 13.0. The number of hydrogen-bond acceptors (Lipinski definition) is 6. The maximum absolute atomic E-state index is 12.7. The number of nitrogens with zero attached hydrogens (tertiary/aromatic N) is 6. The van der Waals surface area contributed by atoms with E-state index in [9.17, 15) is 10.1 Å². The third kappa shape index (κ3) is 3.83. The molecule has 0 unspecified atom stereocenters. The Morgan fingerprint density at radius 1 is 1.33 bits per heavy atom. The van der Waals surface area contributed by atoms with E-state index in [0.29, 0.717) is 5.16 Å². The van der Waals surface area contributed by atoms with Gasteiger partial charge in [0, 0.05) is 7.05 Å². The molecule has 0 atom stereocenters. The molecular formula is C19H24N6OS. The fourth-order valence-corrected chi connectivity index (χ4v) is 4.30. The Labute approximate surface area is 163 Å². The van der Waals surface area contributed by atoms with Gasteiger partial charge < -0.3 is 4.90 Å². The average Bonchev–Trinajstić information content (AvgIpc) is 3.16. The molecule has 27 heavy (non-hydrogen) atoms. The first kappa shape index (κ1) is 19.4. The van der Waals surface area contributed by atoms with E-state index in [0.717, 1.165) is 48.9 Å². The molecule has 142 valence electrons. The summed E-state index contributed by atoms with van der Waals surface area (Å²) in [6.45, 7) is 4.07. The average molecular weight is 385 g/mol. The minimum absolute atomic E-state index is 0.0704. The molecule has 1 amide bonds. The van der Waals surface area contributed by atoms with Crippen LogP contribution in [0.25, 0.3) is 5.69 Å². The van der Waals surface area contributed by atoms with Crippen molar-refractivity contribution in [1.82, 2.24) is 25.1 Å². The standard InChI is InChI=1S/C19H24N6OS/c1-14-8-7-9-16(15(14)2)25-18(21-22-23-25)27-12-17(26)24(3)19(13-20)10-5-4-6-11-19/h7-9H,4-6,10-12H2,1-3H3. The van der Waals surface area contributed by atoms with Crippen molar-refractivity contribution in [2.45, 2.75) is 56.6 Å². The molecule has 8 heteroatoms. The predicted molar refractivity (Wildman–Crippen MR) is 104 cm³/mol. The van der Waals surface area contributed by atoms with E-state index in [1.165, 1.54) is 11.8 Å². The molecule has 2 aromatic rings. The number of benzene rings is 1. The Hall–Kier alpha value is -2.40. The van der Waals surface area contributed by atoms with E-state index in [-0.39, 0.29) is 11.7 Å². The van der Waals surface area contributed by atoms with E-state index < -0.39 is 5.54 Å². The molecule has 1 heterocycles. The van der Waals surface area contributed by atoms with Gasteiger partial charge in [-0.25, -0.2) is 0 Å². The van der Waals surface area contributed by atoms with Crippen LogP contribution in [-0.4, -0.2) is 49.4 Å². The van der Waals surface area contributed by atoms with Crippen LogP contribution in [0.5, 0.6) is 0 Å². The summed E-state index contributed by atoms with van der Waals surface area (Å²) < 4.78 is 1.67. The summed E-state index contributed by atoms with van der Waals surface area (Å²) in [4.78, 5) is 14.4. The molecule has 1 saturated carbocycles. The molecule has 0 radical (unpaired) electrons. The third-order valence-corrected chi connectivity index (χ3v) is 6.38. The van der Waals surface area contributed by atoms with Gasteiger partial charge in [0.2, 0.25) is 11.1 Å². The van der Waals surface area contributed by atoms with Crippen LogP contribution in [0.3, 0.4) is 0 Å². The Kier molecular flexibility index (Phi) is 5.80. The van der Waals surface area contributed by atoms with Gasteiger partial charge in [-0.15, -0.1) is 5.10 Å². The van der Waals surface area contributed by atoms with Gasteiger partial charge in [-0.1, -0.05) is 43.2 Å². The van der Waals surface area contributed by atoms with Crippen molar-refractivity contribution in [1.29, 1.82) is 5.26 Å². The Bertz CT molecular complexity index is 865. The van der Waals surface area contributed by atoms with Gasteiger partial charge in [0.25, 0.3) is 0 Å². The van der Waals surface area contributed by atoms with Crippen molar-refractivity contribution >= 4 is 17.7 Å². The quantitative estimate of drug-likeness (QED) is 0.736. The zero-order valence-corrected chi connectivity index (χ0v) is 16.8. The van der Waals surface area contributed by atoms with E-state index in [2.05, 4.69) is 21.6 Å². The van der Waals surface area contributed by atoms with E-state index >= 15 is 0 Å². The molecule has 7 nitrogen and oxygen atoms in total. The minimum atomic E-state index is -0.672. The second-order valence-corrected chi connectivity index (χ2v) is 7.98. The van der Waals surface area contributed by atoms with Crippen molar-refractivity contribution < 1.29 is 4.79 Å². The largest absolute Gasteiger partial charge is 0.326 e. The van der Waals surface area contributed by atoms with Crippen LogP contribution >= 0.6 is 11.8 Å². The zero-order valence-electron chi connectivity index (χ0n) is 16.0. The smallest absolute Gasteiger partial charge is 0.234 e. The summed E-state index contributed by atoms with van der Waals surface area (Å²) in [5.74, 6) is 0.129. The highest BCUT2D eigenvalue weighted by atomic mass is 32.2. The van der Waals surface area contributed by atoms with Crippen LogP contribution in [0.2, 0.25) is 0 Å². The molecule has 0 aliphatic heterocycles. The number of nitriles is 1. The summed E-state index contributed by atoms with van der Waals surface area (Å²) in [6, 6.07) is 8.36. The number of carbonyl (C=O) groups is 1. The lowest BCUT2D eigenvalue weighted by Gasteiger charge is -2.39. The number of carbonyl (C=O) groups excluding carboxylic acids is 1. The highest BCUT2D eigenvalue weighted by Crippen LogP contribution is 2.33. The first-order valence-corrected chi connectivity index (χ1v) is 10.1. The summed E-state index contributed by atoms with van der Waals surface area (Å²) in [5, 5.41) is 22.2. The number of hydrogen-bond donors (Lipinski definition) is 0. The zero-order chi connectivity index (χ0) is 19.4. The Balaban J connectivity index is 1.73. The van der Waals surface area contributed by atoms with E-state index in [1.807, 2.05) is 32.0 Å². The topological polar surface area (TPSA) is 87.7 Å². The summed E-state index contributed by atoms with van der Waals surface area (Å²) in [5.41, 5.74) is 2.49. The Morgan fingerprint density at radius 3 is 2.78 bits per heavy atom. The number of aromatic nitrogens is 4. The summed E-state index contributed by atoms with van der Waals surface area (Å²) in [6.07, 6.45) is 4.60. The van der Waals surface area contributed by atoms with Gasteiger partial charge in [-0.05, 0) is 54.3 Å². The van der Waals surface area contributed by atoms with Crippen LogP contribution < -0.4 is 0 Å². The molecule has 0 bridgehead atoms. The number of thioether (sulfide) groups is 1. The van der Waals surface area contributed by atoms with Crippen LogP contribution in [0.4, 0.5) is 0 Å². The highest BCUT2D eigenvalue weighted by Gasteiger charge is 2.38. The van der Waals surface area contributed by atoms with Gasteiger partial charge >= 0.3 is 0 Å². The van der Waals surface area contributed by atoms with Gasteiger partial charge in [-0.3, -0.25) is 4.79 Å². The highest BCUT2D eigenvalue weighted by molar-refractivity contribution is 7.99. The fourth-order valence-electron chi connectivity index (χ4n) is 3.51. The first-order valence-electron chi connectivity index (χ1n) is 9.14. The normalized spacial score (nSPS) is 15.9. The van der Waals surface area contributed by atoms with Gasteiger partial charge in [0.05, 0.1) is 17.5 Å². The number of tetrazole rings is 1. The second kappa shape index (κ2) is 8.09. The number of amides is 1. The monoisotopic (exact) mass is 384 g/mol. The van der Waals surface area contributed by atoms with Crippen molar-refractivity contribution in [3.05, 3.63) is 29.3 Å². The number of aryl methyl sites for hydroxylation is 1. The molecule has 1 aromatic heterocycles. The van der Waals surface area contributed by atoms with Crippen LogP contribution in [0.1, 0.15) is 43.2 Å². The fraction of sp³-hybridized carbons (Fsp3) is 0.526. The van der Waals surface area contributed by atoms with Crippen LogP contribution in [0, 0.1) is 25.2 Å². The van der Waals surface area contributed by atoms with Gasteiger partial charge in [0.1, 0.15) is 5.54 Å². The molecule has 1 aliphatic carbocycles. The van der Waals surface area contributed by atoms with Crippen molar-refractivity contribution in [2.75, 3.05) is 12.8 Å². The molecule has 0 saturated heterocycles. The SMILES string of the molecule is Cc1cccc(-n2nnnc2SCC(=O)N(C)C2(C#N)CCCCC2)c1C. The van der Waals surface area contributed by atoms with Gasteiger partial charge in [-0.2, -0.15) is 9.94 Å². The summed E-state index contributed by atoms with van der Waals surface area (Å²) >= 11 is 1.30. The molecule has 0 spiro atoms. The summed E-state index contributed by atoms with van der Waals surface area (Å²) in [7, 11) is 1.74. The van der Waals surface area contributed by atoms with Crippen molar-refractivity contribution in [2.24, 2.45) is 0 Å². The molecule has 3 rings (SSSR count). The molecule has 1 fully saturated rings. The third-order valence-electron chi connectivity index (χ3n) is 5.47. The molecule has 1 aromatic carbocycles. The molecular weight excluding hydrogens is 360 g/mol. The molecule has 1 aliphatic rings. The lowest BCUT2D eigenvalue weighted by atomic mass is 9.81. The lowest BCUT2D eigenvalue weighted by Crippen LogP contribution is -2.50. The minimum Gasteiger partial charge on any atom is -0.326 e.